The van der Waals surface area contributed by atoms with Crippen LogP contribution in [-0.4, -0.2) is 33.4 Å². The van der Waals surface area contributed by atoms with Gasteiger partial charge in [0.05, 0.1) is 35.6 Å². The standard InChI is InChI=1S/C34H33N3O4S/c1-32(30-27-26(21-42-30)31(35)37-22-36-27)33(2,39-19-24-14-8-4-9-15-24)34(40-20-25-16-10-5-11-17-25)28(29(34)41-32)38-18-23-12-6-3-7-13-23/h3-17,21-22,28-29H,18-20H2,1-2H3,(H2,35,36,37). The van der Waals surface area contributed by atoms with Gasteiger partial charge in [0, 0.05) is 5.38 Å². The van der Waals surface area contributed by atoms with Crippen molar-refractivity contribution in [3.63, 3.8) is 0 Å². The monoisotopic (exact) mass is 579 g/mol. The lowest BCUT2D eigenvalue weighted by Crippen LogP contribution is -2.58. The van der Waals surface area contributed by atoms with Gasteiger partial charge in [-0.1, -0.05) is 91.0 Å². The lowest BCUT2D eigenvalue weighted by atomic mass is 9.78. The average Bonchev–Trinajstić information content (AvgIpc) is 3.29. The summed E-state index contributed by atoms with van der Waals surface area (Å²) in [6, 6.07) is 30.5. The zero-order valence-corrected chi connectivity index (χ0v) is 24.4. The minimum atomic E-state index is -0.964. The molecule has 7 rings (SSSR count). The number of thiophene rings is 1. The van der Waals surface area contributed by atoms with Gasteiger partial charge in [0.25, 0.3) is 0 Å². The zero-order chi connectivity index (χ0) is 28.8. The second-order valence-corrected chi connectivity index (χ2v) is 12.1. The normalized spacial score (nSPS) is 28.1. The van der Waals surface area contributed by atoms with Gasteiger partial charge in [0.15, 0.2) is 5.60 Å². The van der Waals surface area contributed by atoms with Crippen LogP contribution in [0.4, 0.5) is 5.82 Å². The van der Waals surface area contributed by atoms with Crippen molar-refractivity contribution in [1.29, 1.82) is 0 Å². The highest BCUT2D eigenvalue weighted by Gasteiger charge is 2.88. The van der Waals surface area contributed by atoms with Crippen LogP contribution in [0.3, 0.4) is 0 Å². The molecule has 1 aliphatic heterocycles. The highest BCUT2D eigenvalue weighted by Crippen LogP contribution is 2.69. The van der Waals surface area contributed by atoms with Gasteiger partial charge in [-0.05, 0) is 30.5 Å². The van der Waals surface area contributed by atoms with Gasteiger partial charge >= 0.3 is 0 Å². The summed E-state index contributed by atoms with van der Waals surface area (Å²) in [6.07, 6.45) is 0.816. The van der Waals surface area contributed by atoms with Crippen LogP contribution in [-0.2, 0) is 44.4 Å². The molecule has 5 atom stereocenters. The van der Waals surface area contributed by atoms with Gasteiger partial charge in [-0.2, -0.15) is 0 Å². The largest absolute Gasteiger partial charge is 0.383 e. The van der Waals surface area contributed by atoms with Crippen molar-refractivity contribution in [2.24, 2.45) is 0 Å². The van der Waals surface area contributed by atoms with Crippen LogP contribution in [0.25, 0.3) is 10.9 Å². The minimum Gasteiger partial charge on any atom is -0.383 e. The highest BCUT2D eigenvalue weighted by molar-refractivity contribution is 7.11. The Balaban J connectivity index is 1.31. The number of hydrogen-bond donors (Lipinski definition) is 1. The number of ether oxygens (including phenoxy) is 4. The second kappa shape index (κ2) is 10.6. The van der Waals surface area contributed by atoms with Crippen molar-refractivity contribution in [1.82, 2.24) is 9.97 Å². The van der Waals surface area contributed by atoms with Crippen LogP contribution >= 0.6 is 11.3 Å². The molecule has 1 saturated heterocycles. The number of fused-ring (bicyclic) bond motifs is 2. The Labute approximate surface area is 249 Å². The summed E-state index contributed by atoms with van der Waals surface area (Å²) in [5.41, 5.74) is 7.48. The summed E-state index contributed by atoms with van der Waals surface area (Å²) in [5.74, 6) is 0.445. The lowest BCUT2D eigenvalue weighted by molar-refractivity contribution is -0.234. The molecule has 2 aromatic heterocycles. The number of anilines is 1. The molecule has 2 aliphatic rings. The third kappa shape index (κ3) is 4.25. The SMILES string of the molecule is CC1(c2scc3c(N)ncnc23)OC2C(OCc3ccccc3)C2(OCc2ccccc2)C1(C)OCc1ccccc1. The van der Waals surface area contributed by atoms with Crippen molar-refractivity contribution in [2.45, 2.75) is 62.7 Å². The number of benzene rings is 3. The summed E-state index contributed by atoms with van der Waals surface area (Å²) in [6.45, 7) is 5.40. The van der Waals surface area contributed by atoms with Crippen LogP contribution in [0.15, 0.2) is 103 Å². The molecule has 3 aromatic carbocycles. The molecule has 0 bridgehead atoms. The minimum absolute atomic E-state index is 0.332. The summed E-state index contributed by atoms with van der Waals surface area (Å²) >= 11 is 1.56. The van der Waals surface area contributed by atoms with E-state index in [2.05, 4.69) is 60.2 Å². The number of hydrogen-bond acceptors (Lipinski definition) is 8. The maximum absolute atomic E-state index is 7.05. The predicted molar refractivity (Wildman–Crippen MR) is 163 cm³/mol. The number of rotatable bonds is 10. The smallest absolute Gasteiger partial charge is 0.158 e. The topological polar surface area (TPSA) is 88.7 Å². The van der Waals surface area contributed by atoms with E-state index in [4.69, 9.17) is 24.7 Å². The molecule has 3 heterocycles. The number of nitrogen functional groups attached to an aromatic ring is 1. The van der Waals surface area contributed by atoms with E-state index in [9.17, 15) is 0 Å². The quantitative estimate of drug-likeness (QED) is 0.204. The Morgan fingerprint density at radius 1 is 0.786 bits per heavy atom. The summed E-state index contributed by atoms with van der Waals surface area (Å²) in [4.78, 5) is 9.77. The van der Waals surface area contributed by atoms with Gasteiger partial charge < -0.3 is 24.7 Å². The highest BCUT2D eigenvalue weighted by atomic mass is 32.1. The van der Waals surface area contributed by atoms with E-state index in [0.717, 1.165) is 32.5 Å². The molecular formula is C34H33N3O4S. The molecule has 5 aromatic rings. The summed E-state index contributed by atoms with van der Waals surface area (Å²) in [5, 5.41) is 2.81. The third-order valence-corrected chi connectivity index (χ3v) is 10.0. The molecule has 2 fully saturated rings. The van der Waals surface area contributed by atoms with Crippen LogP contribution in [0.5, 0.6) is 0 Å². The van der Waals surface area contributed by atoms with Crippen molar-refractivity contribution in [3.05, 3.63) is 124 Å². The van der Waals surface area contributed by atoms with Gasteiger partial charge in [-0.3, -0.25) is 0 Å². The van der Waals surface area contributed by atoms with E-state index in [1.165, 1.54) is 6.33 Å². The molecule has 0 radical (unpaired) electrons. The Bertz CT molecular complexity index is 1680. The first-order chi connectivity index (χ1) is 20.5. The Morgan fingerprint density at radius 3 is 1.98 bits per heavy atom. The Hall–Kier alpha value is -3.66. The lowest BCUT2D eigenvalue weighted by Gasteiger charge is -2.45. The number of nitrogens with zero attached hydrogens (tertiary/aromatic N) is 2. The first kappa shape index (κ1) is 27.2. The molecule has 7 nitrogen and oxygen atoms in total. The molecule has 0 amide bonds. The predicted octanol–water partition coefficient (Wildman–Crippen LogP) is 6.42. The summed E-state index contributed by atoms with van der Waals surface area (Å²) < 4.78 is 27.6. The fraction of sp³-hybridized carbons (Fsp3) is 0.294. The van der Waals surface area contributed by atoms with E-state index >= 15 is 0 Å². The molecule has 8 heteroatoms. The molecule has 214 valence electrons. The first-order valence-corrected chi connectivity index (χ1v) is 15.0. The molecule has 1 aliphatic carbocycles. The van der Waals surface area contributed by atoms with Crippen LogP contribution in [0.2, 0.25) is 0 Å². The van der Waals surface area contributed by atoms with Crippen LogP contribution < -0.4 is 5.73 Å². The average molecular weight is 580 g/mol. The van der Waals surface area contributed by atoms with Gasteiger partial charge in [-0.25, -0.2) is 9.97 Å². The van der Waals surface area contributed by atoms with Crippen LogP contribution in [0, 0.1) is 0 Å². The fourth-order valence-corrected chi connectivity index (χ4v) is 7.54. The number of aromatic nitrogens is 2. The van der Waals surface area contributed by atoms with Crippen molar-refractivity contribution < 1.29 is 18.9 Å². The number of nitrogens with two attached hydrogens (primary N) is 1. The van der Waals surface area contributed by atoms with E-state index in [0.29, 0.717) is 25.6 Å². The van der Waals surface area contributed by atoms with E-state index in [1.807, 2.05) is 60.0 Å². The van der Waals surface area contributed by atoms with Crippen LogP contribution in [0.1, 0.15) is 35.4 Å². The summed E-state index contributed by atoms with van der Waals surface area (Å²) in [7, 11) is 0. The molecule has 5 unspecified atom stereocenters. The fourth-order valence-electron chi connectivity index (χ4n) is 6.33. The zero-order valence-electron chi connectivity index (χ0n) is 23.6. The van der Waals surface area contributed by atoms with Gasteiger partial charge in [0.2, 0.25) is 0 Å². The van der Waals surface area contributed by atoms with E-state index in [1.54, 1.807) is 11.3 Å². The van der Waals surface area contributed by atoms with Crippen molar-refractivity contribution >= 4 is 28.1 Å². The first-order valence-electron chi connectivity index (χ1n) is 14.1. The van der Waals surface area contributed by atoms with Crippen molar-refractivity contribution in [2.75, 3.05) is 5.73 Å². The Kier molecular flexibility index (Phi) is 6.84. The second-order valence-electron chi connectivity index (χ2n) is 11.2. The molecule has 1 saturated carbocycles. The molecular weight excluding hydrogens is 546 g/mol. The maximum Gasteiger partial charge on any atom is 0.158 e. The molecule has 42 heavy (non-hydrogen) atoms. The Morgan fingerprint density at radius 2 is 1.36 bits per heavy atom. The van der Waals surface area contributed by atoms with Crippen molar-refractivity contribution in [3.8, 4) is 0 Å². The third-order valence-electron chi connectivity index (χ3n) is 8.85. The van der Waals surface area contributed by atoms with E-state index < -0.39 is 16.8 Å². The molecule has 0 spiro atoms. The van der Waals surface area contributed by atoms with Gasteiger partial charge in [-0.15, -0.1) is 11.3 Å². The maximum atomic E-state index is 7.05. The molecule has 2 N–H and O–H groups in total. The van der Waals surface area contributed by atoms with Gasteiger partial charge in [0.1, 0.15) is 35.6 Å². The van der Waals surface area contributed by atoms with E-state index in [-0.39, 0.29) is 12.2 Å².